The van der Waals surface area contributed by atoms with Crippen molar-refractivity contribution in [3.05, 3.63) is 29.2 Å². The Balaban J connectivity index is 1.52. The van der Waals surface area contributed by atoms with Crippen molar-refractivity contribution in [2.75, 3.05) is 13.1 Å². The van der Waals surface area contributed by atoms with Crippen LogP contribution in [0.5, 0.6) is 0 Å². The summed E-state index contributed by atoms with van der Waals surface area (Å²) in [6.45, 7) is 2.71. The molecule has 1 aliphatic carbocycles. The number of aromatic nitrogens is 3. The second kappa shape index (κ2) is 6.80. The van der Waals surface area contributed by atoms with E-state index in [1.807, 2.05) is 4.90 Å². The van der Waals surface area contributed by atoms with Crippen molar-refractivity contribution < 1.29 is 18.0 Å². The smallest absolute Gasteiger partial charge is 0.342 e. The van der Waals surface area contributed by atoms with Crippen molar-refractivity contribution >= 4 is 11.6 Å². The third-order valence-electron chi connectivity index (χ3n) is 5.76. The van der Waals surface area contributed by atoms with E-state index < -0.39 is 11.9 Å². The molecule has 2 aromatic heterocycles. The Kier molecular flexibility index (Phi) is 4.60. The number of alkyl halides is 3. The molecule has 0 N–H and O–H groups in total. The molecular weight excluding hydrogens is 357 g/mol. The van der Waals surface area contributed by atoms with E-state index in [0.717, 1.165) is 29.8 Å². The minimum atomic E-state index is -4.49. The second-order valence-corrected chi connectivity index (χ2v) is 7.80. The summed E-state index contributed by atoms with van der Waals surface area (Å²) in [5.41, 5.74) is 0.271. The first kappa shape index (κ1) is 18.3. The van der Waals surface area contributed by atoms with Crippen LogP contribution in [0.2, 0.25) is 0 Å². The van der Waals surface area contributed by atoms with Gasteiger partial charge in [0.1, 0.15) is 5.69 Å². The van der Waals surface area contributed by atoms with Gasteiger partial charge in [-0.25, -0.2) is 9.50 Å². The Morgan fingerprint density at radius 2 is 1.96 bits per heavy atom. The van der Waals surface area contributed by atoms with Crippen LogP contribution in [0.3, 0.4) is 0 Å². The minimum absolute atomic E-state index is 0.0411. The Morgan fingerprint density at radius 1 is 1.22 bits per heavy atom. The molecule has 146 valence electrons. The zero-order chi connectivity index (χ0) is 19.2. The largest absolute Gasteiger partial charge is 0.433 e. The van der Waals surface area contributed by atoms with Crippen molar-refractivity contribution in [3.8, 4) is 0 Å². The van der Waals surface area contributed by atoms with Crippen LogP contribution in [-0.2, 0) is 11.0 Å². The van der Waals surface area contributed by atoms with Gasteiger partial charge in [0, 0.05) is 37.2 Å². The van der Waals surface area contributed by atoms with Gasteiger partial charge in [0.05, 0.1) is 5.69 Å². The molecule has 5 nitrogen and oxygen atoms in total. The lowest BCUT2D eigenvalue weighted by molar-refractivity contribution is -0.142. The molecule has 8 heteroatoms. The first-order chi connectivity index (χ1) is 12.8. The Hall–Kier alpha value is -2.12. The number of amides is 1. The molecule has 1 saturated carbocycles. The maximum absolute atomic E-state index is 13.3. The molecule has 4 rings (SSSR count). The summed E-state index contributed by atoms with van der Waals surface area (Å²) in [6, 6.07) is 2.63. The lowest BCUT2D eigenvalue weighted by Crippen LogP contribution is -2.29. The summed E-state index contributed by atoms with van der Waals surface area (Å²) < 4.78 is 40.8. The highest BCUT2D eigenvalue weighted by Crippen LogP contribution is 2.33. The van der Waals surface area contributed by atoms with Gasteiger partial charge in [0.25, 0.3) is 0 Å². The van der Waals surface area contributed by atoms with Crippen molar-refractivity contribution in [1.82, 2.24) is 19.5 Å². The minimum Gasteiger partial charge on any atom is -0.342 e. The number of rotatable bonds is 3. The van der Waals surface area contributed by atoms with Gasteiger partial charge in [0.15, 0.2) is 5.65 Å². The maximum atomic E-state index is 13.3. The van der Waals surface area contributed by atoms with Gasteiger partial charge in [-0.05, 0) is 38.2 Å². The molecular formula is C19H23F3N4O. The van der Waals surface area contributed by atoms with E-state index in [0.29, 0.717) is 36.8 Å². The van der Waals surface area contributed by atoms with Crippen molar-refractivity contribution in [1.29, 1.82) is 0 Å². The SMILES string of the molecule is Cc1cc(C(F)(F)F)n2nc(C3CCN(C(=O)CC4CCCC4)C3)cc2n1. The number of fused-ring (bicyclic) bond motifs is 1. The zero-order valence-electron chi connectivity index (χ0n) is 15.3. The van der Waals surface area contributed by atoms with E-state index in [2.05, 4.69) is 10.1 Å². The standard InChI is InChI=1S/C19H23F3N4O/c1-12-8-16(19(20,21)22)26-17(23-12)10-15(24-26)14-6-7-25(11-14)18(27)9-13-4-2-3-5-13/h8,10,13-14H,2-7,9,11H2,1H3. The summed E-state index contributed by atoms with van der Waals surface area (Å²) in [6.07, 6.45) is 1.48. The van der Waals surface area contributed by atoms with E-state index in [4.69, 9.17) is 0 Å². The highest BCUT2D eigenvalue weighted by molar-refractivity contribution is 5.77. The molecule has 1 atom stereocenters. The average Bonchev–Trinajstić information content (AvgIpc) is 3.32. The van der Waals surface area contributed by atoms with Crippen LogP contribution in [0.15, 0.2) is 12.1 Å². The third-order valence-corrected chi connectivity index (χ3v) is 5.76. The lowest BCUT2D eigenvalue weighted by atomic mass is 10.0. The maximum Gasteiger partial charge on any atom is 0.433 e. The average molecular weight is 380 g/mol. The molecule has 0 aromatic carbocycles. The van der Waals surface area contributed by atoms with E-state index in [1.165, 1.54) is 12.8 Å². The van der Waals surface area contributed by atoms with E-state index >= 15 is 0 Å². The summed E-state index contributed by atoms with van der Waals surface area (Å²) in [5.74, 6) is 0.618. The van der Waals surface area contributed by atoms with Gasteiger partial charge in [0.2, 0.25) is 5.91 Å². The molecule has 27 heavy (non-hydrogen) atoms. The third kappa shape index (κ3) is 3.66. The molecule has 2 aliphatic rings. The predicted molar refractivity (Wildman–Crippen MR) is 93.2 cm³/mol. The molecule has 1 amide bonds. The highest BCUT2D eigenvalue weighted by atomic mass is 19.4. The van der Waals surface area contributed by atoms with Crippen LogP contribution in [-0.4, -0.2) is 38.5 Å². The predicted octanol–water partition coefficient (Wildman–Crippen LogP) is 3.95. The van der Waals surface area contributed by atoms with Crippen LogP contribution < -0.4 is 0 Å². The number of nitrogens with zero attached hydrogens (tertiary/aromatic N) is 4. The molecule has 2 fully saturated rings. The lowest BCUT2D eigenvalue weighted by Gasteiger charge is -2.18. The fourth-order valence-corrected chi connectivity index (χ4v) is 4.34. The quantitative estimate of drug-likeness (QED) is 0.810. The molecule has 0 spiro atoms. The fraction of sp³-hybridized carbons (Fsp3) is 0.632. The van der Waals surface area contributed by atoms with Crippen molar-refractivity contribution in [2.24, 2.45) is 5.92 Å². The Morgan fingerprint density at radius 3 is 2.67 bits per heavy atom. The van der Waals surface area contributed by atoms with Crippen molar-refractivity contribution in [2.45, 2.75) is 57.5 Å². The molecule has 3 heterocycles. The molecule has 2 aromatic rings. The fourth-order valence-electron chi connectivity index (χ4n) is 4.34. The van der Waals surface area contributed by atoms with Gasteiger partial charge in [-0.15, -0.1) is 0 Å². The summed E-state index contributed by atoms with van der Waals surface area (Å²) in [7, 11) is 0. The number of aryl methyl sites for hydroxylation is 1. The summed E-state index contributed by atoms with van der Waals surface area (Å²) in [5, 5.41) is 4.20. The van der Waals surface area contributed by atoms with Crippen LogP contribution in [0.4, 0.5) is 13.2 Å². The number of carbonyl (C=O) groups is 1. The van der Waals surface area contributed by atoms with Gasteiger partial charge in [-0.3, -0.25) is 4.79 Å². The number of likely N-dealkylation sites (tertiary alicyclic amines) is 1. The van der Waals surface area contributed by atoms with Crippen molar-refractivity contribution in [3.63, 3.8) is 0 Å². The Labute approximate surface area is 155 Å². The normalized spacial score (nSPS) is 21.5. The van der Waals surface area contributed by atoms with E-state index in [9.17, 15) is 18.0 Å². The summed E-state index contributed by atoms with van der Waals surface area (Å²) >= 11 is 0. The number of halogens is 3. The molecule has 0 radical (unpaired) electrons. The molecule has 1 saturated heterocycles. The first-order valence-electron chi connectivity index (χ1n) is 9.53. The Bertz CT molecular complexity index is 854. The van der Waals surface area contributed by atoms with E-state index in [-0.39, 0.29) is 17.5 Å². The zero-order valence-corrected chi connectivity index (χ0v) is 15.3. The first-order valence-corrected chi connectivity index (χ1v) is 9.53. The van der Waals surface area contributed by atoms with Gasteiger partial charge in [-0.1, -0.05) is 12.8 Å². The number of hydrogen-bond donors (Lipinski definition) is 0. The highest BCUT2D eigenvalue weighted by Gasteiger charge is 2.36. The molecule has 1 unspecified atom stereocenters. The second-order valence-electron chi connectivity index (χ2n) is 7.80. The van der Waals surface area contributed by atoms with Gasteiger partial charge >= 0.3 is 6.18 Å². The van der Waals surface area contributed by atoms with E-state index in [1.54, 1.807) is 13.0 Å². The van der Waals surface area contributed by atoms with Crippen LogP contribution in [0.1, 0.15) is 61.5 Å². The molecule has 1 aliphatic heterocycles. The monoisotopic (exact) mass is 380 g/mol. The summed E-state index contributed by atoms with van der Waals surface area (Å²) in [4.78, 5) is 18.5. The van der Waals surface area contributed by atoms with Crippen LogP contribution >= 0.6 is 0 Å². The topological polar surface area (TPSA) is 50.5 Å². The number of carbonyl (C=O) groups excluding carboxylic acids is 1. The van der Waals surface area contributed by atoms with Crippen LogP contribution in [0.25, 0.3) is 5.65 Å². The van der Waals surface area contributed by atoms with Gasteiger partial charge in [-0.2, -0.15) is 18.3 Å². The van der Waals surface area contributed by atoms with Gasteiger partial charge < -0.3 is 4.90 Å². The van der Waals surface area contributed by atoms with Crippen LogP contribution in [0, 0.1) is 12.8 Å². The number of hydrogen-bond acceptors (Lipinski definition) is 3. The molecule has 0 bridgehead atoms.